The maximum Gasteiger partial charge on any atom is 0.315 e. The first-order valence-electron chi connectivity index (χ1n) is 12.2. The summed E-state index contributed by atoms with van der Waals surface area (Å²) in [5.74, 6) is -0.0775. The molecule has 1 saturated heterocycles. The van der Waals surface area contributed by atoms with Crippen molar-refractivity contribution in [3.05, 3.63) is 42.5 Å². The molecule has 2 aliphatic rings. The predicted molar refractivity (Wildman–Crippen MR) is 132 cm³/mol. The Kier molecular flexibility index (Phi) is 8.05. The minimum absolute atomic E-state index is 0.0516. The second-order valence-electron chi connectivity index (χ2n) is 9.26. The smallest absolute Gasteiger partial charge is 0.315 e. The van der Waals surface area contributed by atoms with E-state index in [1.165, 1.54) is 19.3 Å². The van der Waals surface area contributed by atoms with Crippen LogP contribution in [0, 0.1) is 0 Å². The van der Waals surface area contributed by atoms with Gasteiger partial charge in [-0.15, -0.1) is 0 Å². The first kappa shape index (κ1) is 24.5. The summed E-state index contributed by atoms with van der Waals surface area (Å²) in [6.45, 7) is 1.17. The lowest BCUT2D eigenvalue weighted by atomic mass is 9.96. The second-order valence-corrected chi connectivity index (χ2v) is 11.0. The highest BCUT2D eigenvalue weighted by molar-refractivity contribution is 7.89. The third-order valence-electron chi connectivity index (χ3n) is 6.79. The van der Waals surface area contributed by atoms with E-state index in [1.807, 2.05) is 24.3 Å². The molecule has 0 radical (unpaired) electrons. The summed E-state index contributed by atoms with van der Waals surface area (Å²) in [7, 11) is -3.69. The van der Waals surface area contributed by atoms with Crippen molar-refractivity contribution in [3.8, 4) is 0 Å². The third-order valence-corrected chi connectivity index (χ3v) is 8.24. The number of carbonyl (C=O) groups is 2. The van der Waals surface area contributed by atoms with E-state index in [2.05, 4.69) is 15.4 Å². The number of carbonyl (C=O) groups excluding carboxylic acids is 2. The average molecular weight is 487 g/mol. The van der Waals surface area contributed by atoms with E-state index in [0.717, 1.165) is 23.6 Å². The molecule has 2 aromatic carbocycles. The summed E-state index contributed by atoms with van der Waals surface area (Å²) < 4.78 is 27.8. The van der Waals surface area contributed by atoms with Crippen molar-refractivity contribution in [2.24, 2.45) is 0 Å². The van der Waals surface area contributed by atoms with E-state index >= 15 is 0 Å². The SMILES string of the molecule is O=C(NC1CCCCC1)NC1CCN(C(=O)CCNS(=O)(=O)c2ccc3ccccc3c2)CC1. The van der Waals surface area contributed by atoms with Crippen LogP contribution < -0.4 is 15.4 Å². The van der Waals surface area contributed by atoms with Gasteiger partial charge in [-0.25, -0.2) is 17.9 Å². The van der Waals surface area contributed by atoms with Crippen LogP contribution >= 0.6 is 0 Å². The number of benzene rings is 2. The highest BCUT2D eigenvalue weighted by Crippen LogP contribution is 2.19. The summed E-state index contributed by atoms with van der Waals surface area (Å²) >= 11 is 0. The Labute approximate surface area is 201 Å². The summed E-state index contributed by atoms with van der Waals surface area (Å²) in [4.78, 5) is 26.8. The van der Waals surface area contributed by atoms with E-state index < -0.39 is 10.0 Å². The monoisotopic (exact) mass is 486 g/mol. The van der Waals surface area contributed by atoms with Crippen molar-refractivity contribution >= 4 is 32.7 Å². The molecule has 1 aliphatic carbocycles. The molecule has 1 saturated carbocycles. The number of nitrogens with zero attached hydrogens (tertiary/aromatic N) is 1. The number of fused-ring (bicyclic) bond motifs is 1. The molecule has 0 aromatic heterocycles. The zero-order valence-corrected chi connectivity index (χ0v) is 20.3. The number of urea groups is 1. The van der Waals surface area contributed by atoms with E-state index in [9.17, 15) is 18.0 Å². The molecule has 1 heterocycles. The number of nitrogens with one attached hydrogen (secondary N) is 3. The molecule has 8 nitrogen and oxygen atoms in total. The van der Waals surface area contributed by atoms with E-state index in [-0.39, 0.29) is 41.9 Å². The van der Waals surface area contributed by atoms with Crippen LogP contribution in [0.3, 0.4) is 0 Å². The number of amides is 3. The number of hydrogen-bond acceptors (Lipinski definition) is 4. The number of piperidine rings is 1. The Morgan fingerprint density at radius 3 is 2.21 bits per heavy atom. The van der Waals surface area contributed by atoms with Gasteiger partial charge in [0.25, 0.3) is 0 Å². The Balaban J connectivity index is 1.18. The Bertz CT molecular complexity index is 1110. The lowest BCUT2D eigenvalue weighted by molar-refractivity contribution is -0.132. The quantitative estimate of drug-likeness (QED) is 0.559. The first-order valence-corrected chi connectivity index (χ1v) is 13.7. The minimum atomic E-state index is -3.69. The molecule has 184 valence electrons. The molecule has 0 spiro atoms. The summed E-state index contributed by atoms with van der Waals surface area (Å²) in [6.07, 6.45) is 7.19. The molecule has 2 aromatic rings. The topological polar surface area (TPSA) is 108 Å². The van der Waals surface area contributed by atoms with E-state index in [1.54, 1.807) is 23.1 Å². The molecule has 0 unspecified atom stereocenters. The van der Waals surface area contributed by atoms with Crippen LogP contribution in [0.2, 0.25) is 0 Å². The van der Waals surface area contributed by atoms with Gasteiger partial charge in [0.1, 0.15) is 0 Å². The van der Waals surface area contributed by atoms with E-state index in [0.29, 0.717) is 25.9 Å². The predicted octanol–water partition coefficient (Wildman–Crippen LogP) is 3.13. The standard InChI is InChI=1S/C25H34N4O4S/c30-24(12-15-26-34(32,33)23-11-10-19-6-4-5-7-20(19)18-23)29-16-13-22(14-17-29)28-25(31)27-21-8-2-1-3-9-21/h4-7,10-11,18,21-22,26H,1-3,8-9,12-17H2,(H2,27,28,31). The molecular weight excluding hydrogens is 452 g/mol. The van der Waals surface area contributed by atoms with Crippen LogP contribution in [0.1, 0.15) is 51.4 Å². The van der Waals surface area contributed by atoms with Crippen molar-refractivity contribution in [1.29, 1.82) is 0 Å². The van der Waals surface area contributed by atoms with Gasteiger partial charge in [-0.2, -0.15) is 0 Å². The van der Waals surface area contributed by atoms with E-state index in [4.69, 9.17) is 0 Å². The molecule has 3 amide bonds. The normalized spacial score (nSPS) is 18.1. The van der Waals surface area contributed by atoms with Crippen molar-refractivity contribution in [2.75, 3.05) is 19.6 Å². The van der Waals surface area contributed by atoms with Crippen LogP contribution in [0.5, 0.6) is 0 Å². The van der Waals surface area contributed by atoms with Gasteiger partial charge >= 0.3 is 6.03 Å². The zero-order valence-electron chi connectivity index (χ0n) is 19.5. The van der Waals surface area contributed by atoms with Gasteiger partial charge in [0, 0.05) is 38.1 Å². The maximum atomic E-state index is 12.6. The van der Waals surface area contributed by atoms with Crippen LogP contribution in [-0.4, -0.2) is 57.0 Å². The molecule has 34 heavy (non-hydrogen) atoms. The average Bonchev–Trinajstić information content (AvgIpc) is 2.84. The molecule has 0 atom stereocenters. The van der Waals surface area contributed by atoms with Crippen molar-refractivity contribution in [3.63, 3.8) is 0 Å². The fourth-order valence-corrected chi connectivity index (χ4v) is 5.87. The van der Waals surface area contributed by atoms with Crippen molar-refractivity contribution in [1.82, 2.24) is 20.3 Å². The third kappa shape index (κ3) is 6.48. The zero-order chi connectivity index (χ0) is 24.0. The van der Waals surface area contributed by atoms with Gasteiger partial charge in [0.2, 0.25) is 15.9 Å². The van der Waals surface area contributed by atoms with Crippen LogP contribution in [-0.2, 0) is 14.8 Å². The van der Waals surface area contributed by atoms with Gasteiger partial charge in [-0.1, -0.05) is 49.6 Å². The Hall–Kier alpha value is -2.65. The number of hydrogen-bond donors (Lipinski definition) is 3. The van der Waals surface area contributed by atoms with Crippen LogP contribution in [0.4, 0.5) is 4.79 Å². The summed E-state index contributed by atoms with van der Waals surface area (Å²) in [5, 5.41) is 7.93. The number of rotatable bonds is 7. The molecule has 2 fully saturated rings. The lowest BCUT2D eigenvalue weighted by Crippen LogP contribution is -2.51. The van der Waals surface area contributed by atoms with Gasteiger partial charge in [-0.05, 0) is 48.6 Å². The first-order chi connectivity index (χ1) is 16.4. The fraction of sp³-hybridized carbons (Fsp3) is 0.520. The van der Waals surface area contributed by atoms with Gasteiger partial charge < -0.3 is 15.5 Å². The highest BCUT2D eigenvalue weighted by Gasteiger charge is 2.25. The van der Waals surface area contributed by atoms with Crippen LogP contribution in [0.25, 0.3) is 10.8 Å². The maximum absolute atomic E-state index is 12.6. The molecule has 9 heteroatoms. The van der Waals surface area contributed by atoms with Crippen molar-refractivity contribution < 1.29 is 18.0 Å². The summed E-state index contributed by atoms with van der Waals surface area (Å²) in [6, 6.07) is 12.8. The van der Waals surface area contributed by atoms with Gasteiger partial charge in [0.15, 0.2) is 0 Å². The molecule has 4 rings (SSSR count). The van der Waals surface area contributed by atoms with Gasteiger partial charge in [0.05, 0.1) is 4.90 Å². The number of likely N-dealkylation sites (tertiary alicyclic amines) is 1. The number of sulfonamides is 1. The van der Waals surface area contributed by atoms with Crippen molar-refractivity contribution in [2.45, 2.75) is 68.3 Å². The minimum Gasteiger partial charge on any atom is -0.343 e. The Morgan fingerprint density at radius 1 is 0.853 bits per heavy atom. The fourth-order valence-electron chi connectivity index (χ4n) is 4.80. The molecule has 1 aliphatic heterocycles. The van der Waals surface area contributed by atoms with Crippen LogP contribution in [0.15, 0.2) is 47.4 Å². The largest absolute Gasteiger partial charge is 0.343 e. The molecule has 0 bridgehead atoms. The Morgan fingerprint density at radius 2 is 1.50 bits per heavy atom. The molecular formula is C25H34N4O4S. The highest BCUT2D eigenvalue weighted by atomic mass is 32.2. The second kappa shape index (κ2) is 11.2. The van der Waals surface area contributed by atoms with Gasteiger partial charge in [-0.3, -0.25) is 4.79 Å². The molecule has 3 N–H and O–H groups in total. The lowest BCUT2D eigenvalue weighted by Gasteiger charge is -2.33. The summed E-state index contributed by atoms with van der Waals surface area (Å²) in [5.41, 5.74) is 0.